The zero-order valence-corrected chi connectivity index (χ0v) is 17.6. The van der Waals surface area contributed by atoms with E-state index in [9.17, 15) is 4.79 Å². The highest BCUT2D eigenvalue weighted by Crippen LogP contribution is 2.19. The number of carbonyl (C=O) groups excluding carboxylic acids is 1. The molecule has 0 unspecified atom stereocenters. The van der Waals surface area contributed by atoms with Crippen LogP contribution in [0.3, 0.4) is 0 Å². The first-order chi connectivity index (χ1) is 13.9. The first-order valence-electron chi connectivity index (χ1n) is 10.0. The van der Waals surface area contributed by atoms with Gasteiger partial charge in [0.05, 0.1) is 13.0 Å². The highest BCUT2D eigenvalue weighted by atomic mass is 16.5. The van der Waals surface area contributed by atoms with E-state index in [2.05, 4.69) is 47.8 Å². The van der Waals surface area contributed by atoms with Crippen molar-refractivity contribution in [3.05, 3.63) is 77.4 Å². The van der Waals surface area contributed by atoms with Crippen LogP contribution >= 0.6 is 0 Å². The highest BCUT2D eigenvalue weighted by molar-refractivity contribution is 5.90. The number of amides is 1. The van der Waals surface area contributed by atoms with E-state index in [1.807, 2.05) is 49.6 Å². The molecule has 0 atom stereocenters. The molecule has 0 bridgehead atoms. The van der Waals surface area contributed by atoms with Crippen molar-refractivity contribution in [3.63, 3.8) is 0 Å². The Kier molecular flexibility index (Phi) is 6.70. The molecule has 2 aromatic carbocycles. The predicted octanol–water partition coefficient (Wildman–Crippen LogP) is 5.08. The first kappa shape index (κ1) is 20.6. The lowest BCUT2D eigenvalue weighted by Gasteiger charge is -2.12. The number of ether oxygens (including phenoxy) is 1. The number of hydrogen-bond acceptors (Lipinski definition) is 3. The van der Waals surface area contributed by atoms with Crippen molar-refractivity contribution in [2.24, 2.45) is 0 Å². The fraction of sp³-hybridized carbons (Fsp3) is 0.333. The summed E-state index contributed by atoms with van der Waals surface area (Å²) in [5, 5.41) is 2.97. The molecule has 3 rings (SSSR count). The van der Waals surface area contributed by atoms with Crippen molar-refractivity contribution in [1.29, 1.82) is 0 Å². The molecule has 0 saturated carbocycles. The van der Waals surface area contributed by atoms with Crippen LogP contribution in [0.4, 0.5) is 5.69 Å². The monoisotopic (exact) mass is 391 g/mol. The van der Waals surface area contributed by atoms with Crippen molar-refractivity contribution in [2.45, 2.75) is 46.6 Å². The van der Waals surface area contributed by atoms with Gasteiger partial charge in [-0.25, -0.2) is 4.98 Å². The van der Waals surface area contributed by atoms with Crippen LogP contribution in [0.25, 0.3) is 0 Å². The van der Waals surface area contributed by atoms with Crippen molar-refractivity contribution < 1.29 is 9.53 Å². The summed E-state index contributed by atoms with van der Waals surface area (Å²) >= 11 is 0. The predicted molar refractivity (Wildman–Crippen MR) is 117 cm³/mol. The van der Waals surface area contributed by atoms with Gasteiger partial charge >= 0.3 is 0 Å². The van der Waals surface area contributed by atoms with Gasteiger partial charge in [-0.2, -0.15) is 0 Å². The van der Waals surface area contributed by atoms with Gasteiger partial charge in [-0.05, 0) is 43.2 Å². The summed E-state index contributed by atoms with van der Waals surface area (Å²) in [6, 6.07) is 14.0. The number of aryl methyl sites for hydroxylation is 2. The van der Waals surface area contributed by atoms with Gasteiger partial charge in [-0.15, -0.1) is 0 Å². The molecule has 0 fully saturated rings. The third kappa shape index (κ3) is 5.70. The van der Waals surface area contributed by atoms with Gasteiger partial charge in [0.15, 0.2) is 0 Å². The number of nitrogens with zero attached hydrogens (tertiary/aromatic N) is 2. The molecular weight excluding hydrogens is 362 g/mol. The van der Waals surface area contributed by atoms with Crippen molar-refractivity contribution in [3.8, 4) is 5.75 Å². The summed E-state index contributed by atoms with van der Waals surface area (Å²) in [5.74, 6) is 2.19. The second-order valence-corrected chi connectivity index (χ2v) is 7.68. The van der Waals surface area contributed by atoms with Crippen molar-refractivity contribution in [2.75, 3.05) is 11.9 Å². The van der Waals surface area contributed by atoms with Crippen LogP contribution in [0.1, 0.15) is 48.7 Å². The fourth-order valence-electron chi connectivity index (χ4n) is 3.34. The molecule has 0 spiro atoms. The van der Waals surface area contributed by atoms with Gasteiger partial charge in [-0.1, -0.05) is 43.7 Å². The Morgan fingerprint density at radius 3 is 2.76 bits per heavy atom. The van der Waals surface area contributed by atoms with Crippen LogP contribution in [-0.4, -0.2) is 22.1 Å². The van der Waals surface area contributed by atoms with Gasteiger partial charge in [0.1, 0.15) is 11.6 Å². The van der Waals surface area contributed by atoms with Crippen LogP contribution in [0.15, 0.2) is 54.9 Å². The van der Waals surface area contributed by atoms with Gasteiger partial charge in [-0.3, -0.25) is 4.79 Å². The molecule has 5 heteroatoms. The number of anilines is 1. The second-order valence-electron chi connectivity index (χ2n) is 7.68. The average Bonchev–Trinajstić information content (AvgIpc) is 3.12. The zero-order valence-electron chi connectivity index (χ0n) is 17.6. The molecule has 152 valence electrons. The van der Waals surface area contributed by atoms with Crippen molar-refractivity contribution in [1.82, 2.24) is 9.55 Å². The van der Waals surface area contributed by atoms with Gasteiger partial charge in [0, 0.05) is 30.5 Å². The van der Waals surface area contributed by atoms with Crippen LogP contribution in [0, 0.1) is 13.8 Å². The molecule has 0 aliphatic carbocycles. The third-order valence-corrected chi connectivity index (χ3v) is 4.74. The average molecular weight is 392 g/mol. The number of imidazole rings is 1. The lowest BCUT2D eigenvalue weighted by molar-refractivity contribution is -0.116. The Hall–Kier alpha value is -3.08. The van der Waals surface area contributed by atoms with Crippen LogP contribution in [-0.2, 0) is 11.3 Å². The number of hydrogen-bond donors (Lipinski definition) is 1. The number of benzene rings is 2. The number of aromatic nitrogens is 2. The lowest BCUT2D eigenvalue weighted by atomic mass is 10.1. The van der Waals surface area contributed by atoms with E-state index in [1.54, 1.807) is 0 Å². The summed E-state index contributed by atoms with van der Waals surface area (Å²) in [6.07, 6.45) is 4.12. The summed E-state index contributed by atoms with van der Waals surface area (Å²) in [7, 11) is 0. The van der Waals surface area contributed by atoms with E-state index < -0.39 is 0 Å². The molecule has 5 nitrogen and oxygen atoms in total. The Balaban J connectivity index is 1.54. The maximum absolute atomic E-state index is 12.3. The van der Waals surface area contributed by atoms with Crippen LogP contribution in [0.2, 0.25) is 0 Å². The minimum atomic E-state index is -0.0579. The SMILES string of the molecule is Cc1ccc(OCCC(=O)Nc2cccc(Cn3ccnc3C(C)C)c2)c(C)c1. The molecule has 0 aliphatic heterocycles. The highest BCUT2D eigenvalue weighted by Gasteiger charge is 2.09. The Morgan fingerprint density at radius 1 is 1.17 bits per heavy atom. The maximum Gasteiger partial charge on any atom is 0.227 e. The van der Waals surface area contributed by atoms with Gasteiger partial charge in [0.2, 0.25) is 5.91 Å². The first-order valence-corrected chi connectivity index (χ1v) is 10.0. The van der Waals surface area contributed by atoms with Crippen LogP contribution in [0.5, 0.6) is 5.75 Å². The summed E-state index contributed by atoms with van der Waals surface area (Å²) < 4.78 is 7.90. The van der Waals surface area contributed by atoms with E-state index in [0.717, 1.165) is 34.9 Å². The summed E-state index contributed by atoms with van der Waals surface area (Å²) in [5.41, 5.74) is 4.20. The molecule has 1 heterocycles. The van der Waals surface area contributed by atoms with Crippen LogP contribution < -0.4 is 10.1 Å². The Labute approximate surface area is 172 Å². The quantitative estimate of drug-likeness (QED) is 0.583. The van der Waals surface area contributed by atoms with E-state index in [-0.39, 0.29) is 5.91 Å². The third-order valence-electron chi connectivity index (χ3n) is 4.74. The number of carbonyl (C=O) groups is 1. The lowest BCUT2D eigenvalue weighted by Crippen LogP contribution is -2.15. The molecule has 0 aliphatic rings. The normalized spacial score (nSPS) is 10.9. The molecule has 1 amide bonds. The molecule has 1 N–H and O–H groups in total. The molecule has 29 heavy (non-hydrogen) atoms. The largest absolute Gasteiger partial charge is 0.493 e. The Bertz CT molecular complexity index is 976. The van der Waals surface area contributed by atoms with E-state index >= 15 is 0 Å². The number of nitrogens with one attached hydrogen (secondary N) is 1. The molecule has 3 aromatic rings. The zero-order chi connectivity index (χ0) is 20.8. The van der Waals surface area contributed by atoms with Crippen molar-refractivity contribution >= 4 is 11.6 Å². The second kappa shape index (κ2) is 9.41. The van der Waals surface area contributed by atoms with E-state index in [4.69, 9.17) is 4.74 Å². The molecule has 0 saturated heterocycles. The smallest absolute Gasteiger partial charge is 0.227 e. The summed E-state index contributed by atoms with van der Waals surface area (Å²) in [6.45, 7) is 9.41. The fourth-order valence-corrected chi connectivity index (χ4v) is 3.34. The van der Waals surface area contributed by atoms with E-state index in [0.29, 0.717) is 18.9 Å². The minimum Gasteiger partial charge on any atom is -0.493 e. The molecule has 1 aromatic heterocycles. The number of rotatable bonds is 8. The minimum absolute atomic E-state index is 0.0579. The Morgan fingerprint density at radius 2 is 2.00 bits per heavy atom. The maximum atomic E-state index is 12.3. The van der Waals surface area contributed by atoms with Gasteiger partial charge in [0.25, 0.3) is 0 Å². The molecule has 0 radical (unpaired) electrons. The standard InChI is InChI=1S/C24H29N3O2/c1-17(2)24-25-11-12-27(24)16-20-6-5-7-21(15-20)26-23(28)10-13-29-22-9-8-18(3)14-19(22)4/h5-9,11-12,14-15,17H,10,13,16H2,1-4H3,(H,26,28). The topological polar surface area (TPSA) is 56.1 Å². The van der Waals surface area contributed by atoms with E-state index in [1.165, 1.54) is 5.56 Å². The summed E-state index contributed by atoms with van der Waals surface area (Å²) in [4.78, 5) is 16.7. The van der Waals surface area contributed by atoms with Gasteiger partial charge < -0.3 is 14.6 Å². The molecular formula is C24H29N3O2.